The fourth-order valence-corrected chi connectivity index (χ4v) is 3.45. The van der Waals surface area contributed by atoms with Crippen LogP contribution in [-0.2, 0) is 16.1 Å². The summed E-state index contributed by atoms with van der Waals surface area (Å²) in [7, 11) is 0. The van der Waals surface area contributed by atoms with Crippen LogP contribution in [0.1, 0.15) is 31.2 Å². The first-order valence-electron chi connectivity index (χ1n) is 8.95. The van der Waals surface area contributed by atoms with Crippen molar-refractivity contribution in [3.05, 3.63) is 59.1 Å². The molecule has 7 heteroatoms. The number of pyridine rings is 1. The van der Waals surface area contributed by atoms with Crippen LogP contribution in [0.5, 0.6) is 0 Å². The lowest BCUT2D eigenvalue weighted by atomic mass is 9.81. The number of nitrogens with one attached hydrogen (secondary N) is 2. The van der Waals surface area contributed by atoms with Gasteiger partial charge in [0, 0.05) is 36.5 Å². The van der Waals surface area contributed by atoms with Gasteiger partial charge in [-0.1, -0.05) is 11.6 Å². The van der Waals surface area contributed by atoms with Crippen LogP contribution in [-0.4, -0.2) is 16.8 Å². The topological polar surface area (TPSA) is 71.1 Å². The van der Waals surface area contributed by atoms with Crippen molar-refractivity contribution >= 4 is 29.1 Å². The quantitative estimate of drug-likeness (QED) is 0.813. The molecular weight excluding hydrogens is 369 g/mol. The molecule has 1 heterocycles. The first-order valence-corrected chi connectivity index (χ1v) is 9.33. The Morgan fingerprint density at radius 2 is 1.67 bits per heavy atom. The predicted molar refractivity (Wildman–Crippen MR) is 102 cm³/mol. The first-order chi connectivity index (χ1) is 13.0. The summed E-state index contributed by atoms with van der Waals surface area (Å²) in [6.45, 7) is 0.479. The largest absolute Gasteiger partial charge is 0.352 e. The minimum atomic E-state index is -0.520. The minimum absolute atomic E-state index is 0.0241. The highest BCUT2D eigenvalue weighted by Gasteiger charge is 2.29. The van der Waals surface area contributed by atoms with Crippen LogP contribution in [0.4, 0.5) is 10.1 Å². The number of hydrogen-bond donors (Lipinski definition) is 2. The maximum absolute atomic E-state index is 13.2. The van der Waals surface area contributed by atoms with Crippen molar-refractivity contribution < 1.29 is 14.0 Å². The third-order valence-electron chi connectivity index (χ3n) is 4.87. The summed E-state index contributed by atoms with van der Waals surface area (Å²) in [4.78, 5) is 28.7. The number of amides is 2. The molecule has 0 saturated heterocycles. The summed E-state index contributed by atoms with van der Waals surface area (Å²) >= 11 is 5.74. The number of rotatable bonds is 5. The van der Waals surface area contributed by atoms with Crippen molar-refractivity contribution in [2.45, 2.75) is 32.2 Å². The molecule has 0 spiro atoms. The summed E-state index contributed by atoms with van der Waals surface area (Å²) < 4.78 is 13.2. The van der Waals surface area contributed by atoms with E-state index in [0.717, 1.165) is 5.56 Å². The van der Waals surface area contributed by atoms with E-state index in [1.165, 1.54) is 18.2 Å². The minimum Gasteiger partial charge on any atom is -0.352 e. The van der Waals surface area contributed by atoms with E-state index >= 15 is 0 Å². The summed E-state index contributed by atoms with van der Waals surface area (Å²) in [5.41, 5.74) is 1.48. The van der Waals surface area contributed by atoms with E-state index in [4.69, 9.17) is 11.6 Å². The van der Waals surface area contributed by atoms with Gasteiger partial charge in [-0.2, -0.15) is 0 Å². The lowest BCUT2D eigenvalue weighted by Crippen LogP contribution is -2.35. The van der Waals surface area contributed by atoms with E-state index < -0.39 is 5.82 Å². The highest BCUT2D eigenvalue weighted by atomic mass is 35.5. The molecule has 1 aliphatic rings. The number of anilines is 1. The highest BCUT2D eigenvalue weighted by molar-refractivity contribution is 6.31. The monoisotopic (exact) mass is 389 g/mol. The van der Waals surface area contributed by atoms with Crippen LogP contribution in [0.2, 0.25) is 5.02 Å². The number of nitrogens with zero attached hydrogens (tertiary/aromatic N) is 1. The second-order valence-electron chi connectivity index (χ2n) is 6.74. The Morgan fingerprint density at radius 1 is 1.04 bits per heavy atom. The Morgan fingerprint density at radius 3 is 2.30 bits per heavy atom. The van der Waals surface area contributed by atoms with Gasteiger partial charge in [-0.05, 0) is 61.6 Å². The molecule has 2 N–H and O–H groups in total. The first kappa shape index (κ1) is 19.3. The molecule has 142 valence electrons. The van der Waals surface area contributed by atoms with Gasteiger partial charge < -0.3 is 10.6 Å². The van der Waals surface area contributed by atoms with E-state index in [0.29, 0.717) is 37.9 Å². The molecule has 1 fully saturated rings. The zero-order valence-corrected chi connectivity index (χ0v) is 15.5. The van der Waals surface area contributed by atoms with Gasteiger partial charge in [-0.15, -0.1) is 0 Å². The molecule has 2 amide bonds. The molecule has 5 nitrogen and oxygen atoms in total. The van der Waals surface area contributed by atoms with Crippen LogP contribution in [0.15, 0.2) is 42.7 Å². The fraction of sp³-hybridized carbons (Fsp3) is 0.350. The maximum Gasteiger partial charge on any atom is 0.227 e. The normalized spacial score (nSPS) is 19.3. The maximum atomic E-state index is 13.2. The van der Waals surface area contributed by atoms with Crippen molar-refractivity contribution in [1.29, 1.82) is 0 Å². The van der Waals surface area contributed by atoms with Crippen LogP contribution in [0.25, 0.3) is 0 Å². The molecule has 0 aliphatic heterocycles. The number of benzene rings is 1. The van der Waals surface area contributed by atoms with Crippen LogP contribution in [0.3, 0.4) is 0 Å². The Balaban J connectivity index is 1.45. The second kappa shape index (κ2) is 8.95. The standard InChI is InChI=1S/C20H21ClFN3O2/c21-17-11-16(5-6-18(17)22)25-20(27)15-3-1-14(2-4-15)19(26)24-12-13-7-9-23-10-8-13/h5-11,14-15H,1-4,12H2,(H,24,26)(H,25,27). The molecular formula is C20H21ClFN3O2. The second-order valence-corrected chi connectivity index (χ2v) is 7.15. The summed E-state index contributed by atoms with van der Waals surface area (Å²) in [5.74, 6) is -0.841. The molecule has 0 atom stereocenters. The Bertz CT molecular complexity index is 808. The molecule has 3 rings (SSSR count). The van der Waals surface area contributed by atoms with E-state index in [1.807, 2.05) is 12.1 Å². The van der Waals surface area contributed by atoms with E-state index in [-0.39, 0.29) is 28.7 Å². The Labute approximate surface area is 162 Å². The third kappa shape index (κ3) is 5.26. The van der Waals surface area contributed by atoms with Gasteiger partial charge in [0.25, 0.3) is 0 Å². The van der Waals surface area contributed by atoms with E-state index in [9.17, 15) is 14.0 Å². The van der Waals surface area contributed by atoms with Crippen molar-refractivity contribution in [1.82, 2.24) is 10.3 Å². The lowest BCUT2D eigenvalue weighted by Gasteiger charge is -2.27. The van der Waals surface area contributed by atoms with Gasteiger partial charge >= 0.3 is 0 Å². The van der Waals surface area contributed by atoms with Crippen molar-refractivity contribution in [3.8, 4) is 0 Å². The molecule has 27 heavy (non-hydrogen) atoms. The number of halogens is 2. The molecule has 1 aliphatic carbocycles. The summed E-state index contributed by atoms with van der Waals surface area (Å²) in [6.07, 6.45) is 6.02. The van der Waals surface area contributed by atoms with Gasteiger partial charge in [0.15, 0.2) is 0 Å². The van der Waals surface area contributed by atoms with Crippen molar-refractivity contribution in [2.75, 3.05) is 5.32 Å². The van der Waals surface area contributed by atoms with Crippen molar-refractivity contribution in [2.24, 2.45) is 11.8 Å². The van der Waals surface area contributed by atoms with Gasteiger partial charge in [0.2, 0.25) is 11.8 Å². The Kier molecular flexibility index (Phi) is 6.40. The number of aromatic nitrogens is 1. The molecule has 1 aromatic carbocycles. The SMILES string of the molecule is O=C(NCc1ccncc1)C1CCC(C(=O)Nc2ccc(F)c(Cl)c2)CC1. The molecule has 2 aromatic rings. The number of carbonyl (C=O) groups excluding carboxylic acids is 2. The molecule has 1 aromatic heterocycles. The van der Waals surface area contributed by atoms with Gasteiger partial charge in [0.1, 0.15) is 5.82 Å². The molecule has 0 bridgehead atoms. The predicted octanol–water partition coefficient (Wildman–Crippen LogP) is 3.94. The fourth-order valence-electron chi connectivity index (χ4n) is 3.27. The average Bonchev–Trinajstić information content (AvgIpc) is 2.70. The molecule has 0 unspecified atom stereocenters. The zero-order valence-electron chi connectivity index (χ0n) is 14.8. The van der Waals surface area contributed by atoms with Crippen LogP contribution in [0, 0.1) is 17.7 Å². The summed E-state index contributed by atoms with van der Waals surface area (Å²) in [5, 5.41) is 5.69. The lowest BCUT2D eigenvalue weighted by molar-refractivity contribution is -0.128. The number of hydrogen-bond acceptors (Lipinski definition) is 3. The van der Waals surface area contributed by atoms with E-state index in [1.54, 1.807) is 12.4 Å². The smallest absolute Gasteiger partial charge is 0.227 e. The van der Waals surface area contributed by atoms with Crippen molar-refractivity contribution in [3.63, 3.8) is 0 Å². The molecule has 0 radical (unpaired) electrons. The van der Waals surface area contributed by atoms with Gasteiger partial charge in [-0.25, -0.2) is 4.39 Å². The number of carbonyl (C=O) groups is 2. The summed E-state index contributed by atoms with van der Waals surface area (Å²) in [6, 6.07) is 7.83. The van der Waals surface area contributed by atoms with Gasteiger partial charge in [0.05, 0.1) is 5.02 Å². The average molecular weight is 390 g/mol. The Hall–Kier alpha value is -2.47. The van der Waals surface area contributed by atoms with Gasteiger partial charge in [-0.3, -0.25) is 14.6 Å². The van der Waals surface area contributed by atoms with Crippen LogP contribution < -0.4 is 10.6 Å². The van der Waals surface area contributed by atoms with Crippen LogP contribution >= 0.6 is 11.6 Å². The zero-order chi connectivity index (χ0) is 19.2. The highest BCUT2D eigenvalue weighted by Crippen LogP contribution is 2.30. The molecule has 1 saturated carbocycles. The van der Waals surface area contributed by atoms with E-state index in [2.05, 4.69) is 15.6 Å². The third-order valence-corrected chi connectivity index (χ3v) is 5.16.